The Morgan fingerprint density at radius 2 is 2.00 bits per heavy atom. The molecule has 25 heavy (non-hydrogen) atoms. The van der Waals surface area contributed by atoms with Gasteiger partial charge in [0.25, 0.3) is 11.6 Å². The molecule has 1 amide bonds. The molecule has 7 nitrogen and oxygen atoms in total. The summed E-state index contributed by atoms with van der Waals surface area (Å²) in [5.74, 6) is -1.65. The molecule has 0 aliphatic heterocycles. The van der Waals surface area contributed by atoms with Crippen molar-refractivity contribution in [3.8, 4) is 0 Å². The zero-order valence-electron chi connectivity index (χ0n) is 13.3. The maximum Gasteiger partial charge on any atom is 0.416 e. The number of esters is 1. The van der Waals surface area contributed by atoms with Gasteiger partial charge in [-0.3, -0.25) is 14.9 Å². The summed E-state index contributed by atoms with van der Waals surface area (Å²) < 4.78 is 42.5. The van der Waals surface area contributed by atoms with Crippen molar-refractivity contribution in [1.82, 2.24) is 0 Å². The van der Waals surface area contributed by atoms with Crippen LogP contribution in [0.5, 0.6) is 0 Å². The highest BCUT2D eigenvalue weighted by Gasteiger charge is 2.33. The molecule has 0 saturated heterocycles. The maximum absolute atomic E-state index is 12.6. The van der Waals surface area contributed by atoms with Crippen LogP contribution >= 0.6 is 0 Å². The number of allylic oxidation sites excluding steroid dienone is 1. The molecule has 10 heteroatoms. The average Bonchev–Trinajstić information content (AvgIpc) is 2.51. The Balaban J connectivity index is 2.85. The van der Waals surface area contributed by atoms with E-state index in [1.54, 1.807) is 13.0 Å². The van der Waals surface area contributed by atoms with Crippen molar-refractivity contribution in [3.63, 3.8) is 0 Å². The normalized spacial score (nSPS) is 11.8. The highest BCUT2D eigenvalue weighted by atomic mass is 19.4. The van der Waals surface area contributed by atoms with Crippen molar-refractivity contribution >= 4 is 23.3 Å². The SMILES string of the molecule is CC/C=C(/C)C(=O)OCC(=O)Nc1ccc(C(F)(F)F)cc1[N+](=O)[O-]. The molecule has 0 aliphatic carbocycles. The molecule has 0 radical (unpaired) electrons. The quantitative estimate of drug-likeness (QED) is 0.363. The van der Waals surface area contributed by atoms with Gasteiger partial charge in [-0.15, -0.1) is 0 Å². The molecule has 0 heterocycles. The van der Waals surface area contributed by atoms with Crippen molar-refractivity contribution in [2.75, 3.05) is 11.9 Å². The molecular weight excluding hydrogens is 345 g/mol. The first-order valence-electron chi connectivity index (χ1n) is 7.05. The van der Waals surface area contributed by atoms with Crippen LogP contribution in [0.2, 0.25) is 0 Å². The van der Waals surface area contributed by atoms with E-state index >= 15 is 0 Å². The number of hydrogen-bond acceptors (Lipinski definition) is 5. The lowest BCUT2D eigenvalue weighted by atomic mass is 10.1. The second-order valence-corrected chi connectivity index (χ2v) is 4.91. The van der Waals surface area contributed by atoms with Crippen LogP contribution in [0.1, 0.15) is 25.8 Å². The number of rotatable bonds is 6. The monoisotopic (exact) mass is 360 g/mol. The van der Waals surface area contributed by atoms with Gasteiger partial charge in [-0.2, -0.15) is 13.2 Å². The summed E-state index contributed by atoms with van der Waals surface area (Å²) >= 11 is 0. The minimum Gasteiger partial charge on any atom is -0.452 e. The molecule has 136 valence electrons. The Hall–Kier alpha value is -2.91. The largest absolute Gasteiger partial charge is 0.452 e. The van der Waals surface area contributed by atoms with Crippen LogP contribution in [-0.4, -0.2) is 23.4 Å². The van der Waals surface area contributed by atoms with Crippen molar-refractivity contribution in [2.24, 2.45) is 0 Å². The number of amides is 1. The van der Waals surface area contributed by atoms with E-state index in [2.05, 4.69) is 5.32 Å². The summed E-state index contributed by atoms with van der Waals surface area (Å²) in [4.78, 5) is 33.1. The smallest absolute Gasteiger partial charge is 0.416 e. The van der Waals surface area contributed by atoms with Crippen molar-refractivity contribution in [2.45, 2.75) is 26.4 Å². The molecular formula is C15H15F3N2O5. The number of carbonyl (C=O) groups excluding carboxylic acids is 2. The first-order valence-corrected chi connectivity index (χ1v) is 7.05. The third kappa shape index (κ3) is 5.90. The van der Waals surface area contributed by atoms with Gasteiger partial charge in [-0.05, 0) is 25.5 Å². The van der Waals surface area contributed by atoms with E-state index < -0.39 is 46.5 Å². The fraction of sp³-hybridized carbons (Fsp3) is 0.333. The number of alkyl halides is 3. The van der Waals surface area contributed by atoms with Crippen molar-refractivity contribution in [3.05, 3.63) is 45.5 Å². The van der Waals surface area contributed by atoms with E-state index in [1.807, 2.05) is 0 Å². The van der Waals surface area contributed by atoms with Gasteiger partial charge in [0.2, 0.25) is 0 Å². The van der Waals surface area contributed by atoms with Crippen LogP contribution in [0.3, 0.4) is 0 Å². The number of nitro benzene ring substituents is 1. The van der Waals surface area contributed by atoms with Crippen LogP contribution in [0.15, 0.2) is 29.8 Å². The minimum absolute atomic E-state index is 0.288. The topological polar surface area (TPSA) is 98.5 Å². The predicted octanol–water partition coefficient (Wildman–Crippen LogP) is 3.45. The first-order chi connectivity index (χ1) is 11.6. The van der Waals surface area contributed by atoms with Gasteiger partial charge in [-0.1, -0.05) is 13.0 Å². The highest BCUT2D eigenvalue weighted by Crippen LogP contribution is 2.34. The lowest BCUT2D eigenvalue weighted by Crippen LogP contribution is -2.22. The van der Waals surface area contributed by atoms with Crippen LogP contribution in [-0.2, 0) is 20.5 Å². The molecule has 1 rings (SSSR count). The fourth-order valence-electron chi connectivity index (χ4n) is 1.79. The lowest BCUT2D eigenvalue weighted by Gasteiger charge is -2.10. The minimum atomic E-state index is -4.76. The second-order valence-electron chi connectivity index (χ2n) is 4.91. The third-order valence-electron chi connectivity index (χ3n) is 2.96. The Bertz CT molecular complexity index is 714. The molecule has 1 aromatic rings. The van der Waals surface area contributed by atoms with E-state index in [0.717, 1.165) is 6.07 Å². The molecule has 1 aromatic carbocycles. The molecule has 0 unspecified atom stereocenters. The summed E-state index contributed by atoms with van der Waals surface area (Å²) in [6.07, 6.45) is -2.59. The number of nitro groups is 1. The Morgan fingerprint density at radius 3 is 2.52 bits per heavy atom. The van der Waals surface area contributed by atoms with Gasteiger partial charge < -0.3 is 10.1 Å². The van der Waals surface area contributed by atoms with E-state index in [1.165, 1.54) is 6.92 Å². The summed E-state index contributed by atoms with van der Waals surface area (Å²) in [7, 11) is 0. The first kappa shape index (κ1) is 20.1. The summed E-state index contributed by atoms with van der Waals surface area (Å²) in [5.41, 5.74) is -2.28. The number of nitrogens with zero attached hydrogens (tertiary/aromatic N) is 1. The highest BCUT2D eigenvalue weighted by molar-refractivity contribution is 5.96. The van der Waals surface area contributed by atoms with E-state index in [-0.39, 0.29) is 5.57 Å². The van der Waals surface area contributed by atoms with Crippen LogP contribution < -0.4 is 5.32 Å². The summed E-state index contributed by atoms with van der Waals surface area (Å²) in [6, 6.07) is 1.68. The number of anilines is 1. The Kier molecular flexibility index (Phi) is 6.66. The summed E-state index contributed by atoms with van der Waals surface area (Å²) in [6.45, 7) is 2.56. The average molecular weight is 360 g/mol. The number of halogens is 3. The van der Waals surface area contributed by atoms with Gasteiger partial charge in [0, 0.05) is 11.6 Å². The molecule has 1 N–H and O–H groups in total. The standard InChI is InChI=1S/C15H15F3N2O5/c1-3-4-9(2)14(22)25-8-13(21)19-11-6-5-10(15(16,17)18)7-12(11)20(23)24/h4-7H,3,8H2,1-2H3,(H,19,21)/b9-4-. The molecule has 0 spiro atoms. The number of carbonyl (C=O) groups is 2. The molecule has 0 bridgehead atoms. The zero-order valence-corrected chi connectivity index (χ0v) is 13.3. The van der Waals surface area contributed by atoms with Crippen molar-refractivity contribution in [1.29, 1.82) is 0 Å². The van der Waals surface area contributed by atoms with Gasteiger partial charge >= 0.3 is 12.1 Å². The van der Waals surface area contributed by atoms with Crippen LogP contribution in [0, 0.1) is 10.1 Å². The van der Waals surface area contributed by atoms with Gasteiger partial charge in [-0.25, -0.2) is 4.79 Å². The van der Waals surface area contributed by atoms with Gasteiger partial charge in [0.05, 0.1) is 10.5 Å². The number of hydrogen-bond donors (Lipinski definition) is 1. The van der Waals surface area contributed by atoms with Crippen LogP contribution in [0.4, 0.5) is 24.5 Å². The molecule has 0 fully saturated rings. The number of benzene rings is 1. The van der Waals surface area contributed by atoms with Gasteiger partial charge in [0.15, 0.2) is 6.61 Å². The fourth-order valence-corrected chi connectivity index (χ4v) is 1.79. The molecule has 0 aromatic heterocycles. The Morgan fingerprint density at radius 1 is 1.36 bits per heavy atom. The van der Waals surface area contributed by atoms with Crippen molar-refractivity contribution < 1.29 is 32.4 Å². The van der Waals surface area contributed by atoms with Crippen LogP contribution in [0.25, 0.3) is 0 Å². The van der Waals surface area contributed by atoms with E-state index in [4.69, 9.17) is 4.74 Å². The predicted molar refractivity (Wildman–Crippen MR) is 81.7 cm³/mol. The molecule has 0 saturated carbocycles. The zero-order chi connectivity index (χ0) is 19.2. The summed E-state index contributed by atoms with van der Waals surface area (Å²) in [5, 5.41) is 13.0. The molecule has 0 atom stereocenters. The molecule has 0 aliphatic rings. The van der Waals surface area contributed by atoms with E-state index in [0.29, 0.717) is 18.6 Å². The number of ether oxygens (including phenoxy) is 1. The Labute approximate surface area is 140 Å². The second kappa shape index (κ2) is 8.27. The van der Waals surface area contributed by atoms with Gasteiger partial charge in [0.1, 0.15) is 5.69 Å². The third-order valence-corrected chi connectivity index (χ3v) is 2.96. The maximum atomic E-state index is 12.6. The lowest BCUT2D eigenvalue weighted by molar-refractivity contribution is -0.384. The number of nitrogens with one attached hydrogen (secondary N) is 1. The van der Waals surface area contributed by atoms with E-state index in [9.17, 15) is 32.9 Å².